The Kier molecular flexibility index (Phi) is 11.5. The minimum Gasteiger partial charge on any atom is -0.473 e. The highest BCUT2D eigenvalue weighted by Crippen LogP contribution is 2.39. The fourth-order valence-corrected chi connectivity index (χ4v) is 3.86. The van der Waals surface area contributed by atoms with Crippen molar-refractivity contribution in [2.45, 2.75) is 32.2 Å². The third-order valence-electron chi connectivity index (χ3n) is 5.39. The average Bonchev–Trinajstić information content (AvgIpc) is 3.35. The number of rotatable bonds is 8. The van der Waals surface area contributed by atoms with Gasteiger partial charge in [0.15, 0.2) is 0 Å². The van der Waals surface area contributed by atoms with Gasteiger partial charge in [-0.1, -0.05) is 30.2 Å². The zero-order valence-electron chi connectivity index (χ0n) is 20.3. The third-order valence-corrected chi connectivity index (χ3v) is 5.63. The van der Waals surface area contributed by atoms with Crippen molar-refractivity contribution < 1.29 is 39.3 Å². The van der Waals surface area contributed by atoms with Crippen molar-refractivity contribution in [2.75, 3.05) is 16.8 Å². The molecule has 0 radical (unpaired) electrons. The van der Waals surface area contributed by atoms with Crippen molar-refractivity contribution in [1.29, 1.82) is 0 Å². The first kappa shape index (κ1) is 30.0. The number of carboxylic acid groups (broad SMARTS) is 2. The summed E-state index contributed by atoms with van der Waals surface area (Å²) >= 11 is 6.13. The molecule has 38 heavy (non-hydrogen) atoms. The molecule has 0 unspecified atom stereocenters. The van der Waals surface area contributed by atoms with Crippen LogP contribution in [-0.4, -0.2) is 46.0 Å². The summed E-state index contributed by atoms with van der Waals surface area (Å²) in [6.07, 6.45) is 4.72. The van der Waals surface area contributed by atoms with E-state index in [4.69, 9.17) is 35.8 Å². The number of hydrogen-bond donors (Lipinski definition) is 4. The van der Waals surface area contributed by atoms with Crippen LogP contribution >= 0.6 is 11.6 Å². The molecule has 1 aliphatic heterocycles. The van der Waals surface area contributed by atoms with Crippen molar-refractivity contribution in [3.8, 4) is 0 Å². The van der Waals surface area contributed by atoms with E-state index in [1.165, 1.54) is 0 Å². The second-order valence-corrected chi connectivity index (χ2v) is 8.48. The first-order valence-corrected chi connectivity index (χ1v) is 11.9. The molecule has 12 heteroatoms. The molecule has 1 aliphatic rings. The molecule has 0 fully saturated rings. The number of anilines is 3. The number of nitrogens with one attached hydrogen (secondary N) is 2. The van der Waals surface area contributed by atoms with Gasteiger partial charge in [-0.25, -0.2) is 9.59 Å². The number of carboxylic acids is 2. The van der Waals surface area contributed by atoms with Gasteiger partial charge >= 0.3 is 11.9 Å². The van der Waals surface area contributed by atoms with Crippen LogP contribution in [0.2, 0.25) is 5.02 Å². The van der Waals surface area contributed by atoms with E-state index < -0.39 is 11.9 Å². The normalized spacial score (nSPS) is 11.5. The lowest BCUT2D eigenvalue weighted by molar-refractivity contribution is -0.159. The number of unbranched alkanes of at least 4 members (excludes halogenated alkanes) is 2. The number of aliphatic carboxylic acids is 2. The van der Waals surface area contributed by atoms with Crippen molar-refractivity contribution in [3.05, 3.63) is 77.2 Å². The van der Waals surface area contributed by atoms with Gasteiger partial charge in [0.25, 0.3) is 5.91 Å². The maximum Gasteiger partial charge on any atom is 0.414 e. The van der Waals surface area contributed by atoms with E-state index in [9.17, 15) is 9.59 Å². The number of carbonyl (C=O) groups excluding carboxylic acids is 2. The van der Waals surface area contributed by atoms with E-state index in [2.05, 4.69) is 10.6 Å². The molecule has 1 aromatic heterocycles. The smallest absolute Gasteiger partial charge is 0.414 e. The monoisotopic (exact) mass is 545 g/mol. The topological polar surface area (TPSA) is 181 Å². The molecule has 6 N–H and O–H groups in total. The first-order chi connectivity index (χ1) is 17.8. The second-order valence-electron chi connectivity index (χ2n) is 8.04. The highest BCUT2D eigenvalue weighted by atomic mass is 35.5. The van der Waals surface area contributed by atoms with Crippen molar-refractivity contribution in [1.82, 2.24) is 5.32 Å². The lowest BCUT2D eigenvalue weighted by Crippen LogP contribution is -2.26. The van der Waals surface area contributed by atoms with Crippen LogP contribution in [0.3, 0.4) is 0 Å². The summed E-state index contributed by atoms with van der Waals surface area (Å²) in [5.41, 5.74) is 2.22. The number of furan rings is 1. The standard InChI is InChI=1S/C24H24ClN3O3.C2H2O4.H2O/c25-17-11-12-22-20(15-17)27-24(30)19-8-3-4-9-21(19)28(22)23(29)10-2-1-5-13-26-16-18-7-6-14-31-18;3-1(4)2(5)6;/h3-4,6-9,11-12,14-15,26H,1-2,5,10,13,16H2,(H,27,30);(H,3,4)(H,5,6);1H2. The number of fused-ring (bicyclic) bond motifs is 2. The van der Waals surface area contributed by atoms with Crippen molar-refractivity contribution in [2.24, 2.45) is 0 Å². The van der Waals surface area contributed by atoms with Crippen LogP contribution in [0.25, 0.3) is 0 Å². The molecule has 2 heterocycles. The summed E-state index contributed by atoms with van der Waals surface area (Å²) in [6, 6.07) is 16.1. The maximum absolute atomic E-state index is 13.2. The SMILES string of the molecule is O.O=C(O)C(=O)O.O=C1Nc2cc(Cl)ccc2N(C(=O)CCCCCNCc2ccco2)c2ccccc21. The minimum absolute atomic E-state index is 0. The Labute approximate surface area is 223 Å². The number of amides is 2. The summed E-state index contributed by atoms with van der Waals surface area (Å²) in [5, 5.41) is 21.5. The predicted octanol–water partition coefficient (Wildman–Crippen LogP) is 3.84. The molecule has 0 bridgehead atoms. The Morgan fingerprint density at radius 1 is 0.947 bits per heavy atom. The van der Waals surface area contributed by atoms with Gasteiger partial charge in [0.2, 0.25) is 5.91 Å². The number of nitrogens with zero attached hydrogens (tertiary/aromatic N) is 1. The largest absolute Gasteiger partial charge is 0.473 e. The Hall–Kier alpha value is -4.19. The predicted molar refractivity (Wildman–Crippen MR) is 141 cm³/mol. The highest BCUT2D eigenvalue weighted by molar-refractivity contribution is 6.31. The number of benzene rings is 2. The molecule has 3 aromatic rings. The van der Waals surface area contributed by atoms with E-state index in [0.29, 0.717) is 40.6 Å². The Morgan fingerprint density at radius 2 is 1.68 bits per heavy atom. The molecule has 0 saturated heterocycles. The molecule has 4 rings (SSSR count). The lowest BCUT2D eigenvalue weighted by Gasteiger charge is -2.24. The van der Waals surface area contributed by atoms with E-state index >= 15 is 0 Å². The van der Waals surface area contributed by atoms with Gasteiger partial charge in [-0.2, -0.15) is 0 Å². The second kappa shape index (κ2) is 14.5. The van der Waals surface area contributed by atoms with Crippen LogP contribution in [0.5, 0.6) is 0 Å². The molecule has 2 amide bonds. The molecule has 11 nitrogen and oxygen atoms in total. The fourth-order valence-electron chi connectivity index (χ4n) is 3.69. The van der Waals surface area contributed by atoms with Crippen LogP contribution in [0.1, 0.15) is 41.8 Å². The number of carbonyl (C=O) groups is 4. The molecule has 0 spiro atoms. The third kappa shape index (κ3) is 8.17. The quantitative estimate of drug-likeness (QED) is 0.243. The molecule has 2 aromatic carbocycles. The van der Waals surface area contributed by atoms with Crippen LogP contribution in [0, 0.1) is 0 Å². The van der Waals surface area contributed by atoms with Crippen molar-refractivity contribution in [3.63, 3.8) is 0 Å². The summed E-state index contributed by atoms with van der Waals surface area (Å²) in [5.74, 6) is -3.03. The summed E-state index contributed by atoms with van der Waals surface area (Å²) in [4.78, 5) is 45.8. The number of para-hydroxylation sites is 1. The Bertz CT molecular complexity index is 1250. The van der Waals surface area contributed by atoms with Crippen molar-refractivity contribution >= 4 is 52.4 Å². The number of halogens is 1. The molecule has 0 atom stereocenters. The van der Waals surface area contributed by atoms with Gasteiger partial charge in [0, 0.05) is 11.4 Å². The zero-order chi connectivity index (χ0) is 26.8. The van der Waals surface area contributed by atoms with Crippen LogP contribution < -0.4 is 15.5 Å². The minimum atomic E-state index is -1.82. The van der Waals surface area contributed by atoms with E-state index in [1.54, 1.807) is 47.6 Å². The summed E-state index contributed by atoms with van der Waals surface area (Å²) in [6.45, 7) is 1.57. The Morgan fingerprint density at radius 3 is 2.37 bits per heavy atom. The highest BCUT2D eigenvalue weighted by Gasteiger charge is 2.28. The molecule has 0 aliphatic carbocycles. The van der Waals surface area contributed by atoms with Crippen LogP contribution in [0.15, 0.2) is 65.3 Å². The van der Waals surface area contributed by atoms with Gasteiger partial charge in [0.1, 0.15) is 5.76 Å². The number of hydrogen-bond acceptors (Lipinski definition) is 6. The van der Waals surface area contributed by atoms with E-state index in [0.717, 1.165) is 31.6 Å². The fraction of sp³-hybridized carbons (Fsp3) is 0.231. The van der Waals surface area contributed by atoms with Gasteiger partial charge in [-0.05, 0) is 61.9 Å². The average molecular weight is 546 g/mol. The summed E-state index contributed by atoms with van der Waals surface area (Å²) in [7, 11) is 0. The van der Waals surface area contributed by atoms with Gasteiger partial charge in [-0.15, -0.1) is 0 Å². The van der Waals surface area contributed by atoms with Gasteiger partial charge in [0.05, 0.1) is 35.4 Å². The lowest BCUT2D eigenvalue weighted by atomic mass is 10.1. The molecule has 202 valence electrons. The van der Waals surface area contributed by atoms with Gasteiger partial charge in [-0.3, -0.25) is 14.5 Å². The Balaban J connectivity index is 0.000000652. The van der Waals surface area contributed by atoms with Gasteiger partial charge < -0.3 is 30.7 Å². The zero-order valence-corrected chi connectivity index (χ0v) is 21.0. The molecule has 0 saturated carbocycles. The van der Waals surface area contributed by atoms with Crippen LogP contribution in [-0.2, 0) is 20.9 Å². The summed E-state index contributed by atoms with van der Waals surface area (Å²) < 4.78 is 5.29. The molecular formula is C26H28ClN3O8. The van der Waals surface area contributed by atoms with E-state index in [-0.39, 0.29) is 17.3 Å². The first-order valence-electron chi connectivity index (χ1n) is 11.5. The van der Waals surface area contributed by atoms with Crippen LogP contribution in [0.4, 0.5) is 17.1 Å². The molecular weight excluding hydrogens is 518 g/mol. The maximum atomic E-state index is 13.2. The van der Waals surface area contributed by atoms with E-state index in [1.807, 2.05) is 18.2 Å².